The Kier molecular flexibility index (Phi) is 6.55. The molecular weight excluding hydrogens is 354 g/mol. The molecule has 0 unspecified atom stereocenters. The lowest BCUT2D eigenvalue weighted by molar-refractivity contribution is 0.0951. The Hall–Kier alpha value is -2.72. The Bertz CT molecular complexity index is 892. The van der Waals surface area contributed by atoms with Crippen LogP contribution in [0, 0.1) is 6.92 Å². The molecule has 27 heavy (non-hydrogen) atoms. The highest BCUT2D eigenvalue weighted by atomic mass is 32.2. The highest BCUT2D eigenvalue weighted by Crippen LogP contribution is 2.28. The lowest BCUT2D eigenvalue weighted by Gasteiger charge is -2.11. The van der Waals surface area contributed by atoms with Crippen LogP contribution >= 0.6 is 11.8 Å². The van der Waals surface area contributed by atoms with Gasteiger partial charge in [0.25, 0.3) is 5.91 Å². The number of rotatable bonds is 7. The van der Waals surface area contributed by atoms with Crippen LogP contribution in [0.15, 0.2) is 77.7 Å². The molecule has 0 aliphatic rings. The summed E-state index contributed by atoms with van der Waals surface area (Å²) in [5, 5.41) is 2.99. The molecule has 0 spiro atoms. The maximum absolute atomic E-state index is 12.6. The Morgan fingerprint density at radius 1 is 1.00 bits per heavy atom. The van der Waals surface area contributed by atoms with Crippen molar-refractivity contribution in [1.29, 1.82) is 0 Å². The second-order valence-electron chi connectivity index (χ2n) is 6.30. The fourth-order valence-corrected chi connectivity index (χ4v) is 3.60. The molecule has 0 saturated heterocycles. The first-order valence-corrected chi connectivity index (χ1v) is 9.83. The second kappa shape index (κ2) is 9.28. The van der Waals surface area contributed by atoms with E-state index in [1.165, 1.54) is 10.5 Å². The van der Waals surface area contributed by atoms with E-state index in [-0.39, 0.29) is 5.91 Å². The topological polar surface area (TPSA) is 38.3 Å². The summed E-state index contributed by atoms with van der Waals surface area (Å²) in [6, 6.07) is 24.0. The number of thioether (sulfide) groups is 1. The Labute approximate surface area is 164 Å². The first kappa shape index (κ1) is 19.1. The van der Waals surface area contributed by atoms with Gasteiger partial charge in [0.05, 0.1) is 7.11 Å². The Morgan fingerprint density at radius 3 is 2.44 bits per heavy atom. The molecule has 3 aromatic rings. The number of aryl methyl sites for hydroxylation is 1. The fraction of sp³-hybridized carbons (Fsp3) is 0.174. The molecule has 0 aromatic heterocycles. The highest BCUT2D eigenvalue weighted by molar-refractivity contribution is 7.98. The molecule has 3 nitrogen and oxygen atoms in total. The first-order valence-electron chi connectivity index (χ1n) is 8.84. The quantitative estimate of drug-likeness (QED) is 0.573. The zero-order valence-corrected chi connectivity index (χ0v) is 16.4. The van der Waals surface area contributed by atoms with Gasteiger partial charge in [-0.2, -0.15) is 0 Å². The number of hydrogen-bond donors (Lipinski definition) is 1. The van der Waals surface area contributed by atoms with E-state index in [9.17, 15) is 4.79 Å². The number of carbonyl (C=O) groups is 1. The van der Waals surface area contributed by atoms with Gasteiger partial charge in [0.1, 0.15) is 5.75 Å². The number of benzene rings is 3. The SMILES string of the molecule is COc1ccc(C(=O)NCc2ccc(C)cc2)cc1CSc1ccccc1. The van der Waals surface area contributed by atoms with Gasteiger partial charge in [0.15, 0.2) is 0 Å². The Balaban J connectivity index is 1.67. The molecule has 0 atom stereocenters. The summed E-state index contributed by atoms with van der Waals surface area (Å²) < 4.78 is 5.46. The molecular formula is C23H23NO2S. The van der Waals surface area contributed by atoms with Crippen LogP contribution in [0.1, 0.15) is 27.0 Å². The maximum Gasteiger partial charge on any atom is 0.251 e. The van der Waals surface area contributed by atoms with Crippen molar-refractivity contribution in [3.63, 3.8) is 0 Å². The standard InChI is InChI=1S/C23H23NO2S/c1-17-8-10-18(11-9-17)15-24-23(25)19-12-13-22(26-2)20(14-19)16-27-21-6-4-3-5-7-21/h3-14H,15-16H2,1-2H3,(H,24,25). The number of carbonyl (C=O) groups excluding carboxylic acids is 1. The van der Waals surface area contributed by atoms with E-state index >= 15 is 0 Å². The van der Waals surface area contributed by atoms with Gasteiger partial charge in [0, 0.05) is 28.3 Å². The summed E-state index contributed by atoms with van der Waals surface area (Å²) in [4.78, 5) is 13.7. The van der Waals surface area contributed by atoms with Crippen molar-refractivity contribution in [3.05, 3.63) is 95.1 Å². The van der Waals surface area contributed by atoms with Crippen LogP contribution in [0.2, 0.25) is 0 Å². The summed E-state index contributed by atoms with van der Waals surface area (Å²) in [6.07, 6.45) is 0. The van der Waals surface area contributed by atoms with Crippen LogP contribution in [0.5, 0.6) is 5.75 Å². The highest BCUT2D eigenvalue weighted by Gasteiger charge is 2.11. The minimum Gasteiger partial charge on any atom is -0.496 e. The van der Waals surface area contributed by atoms with Gasteiger partial charge in [-0.3, -0.25) is 4.79 Å². The molecule has 3 aromatic carbocycles. The summed E-state index contributed by atoms with van der Waals surface area (Å²) in [7, 11) is 1.66. The molecule has 138 valence electrons. The van der Waals surface area contributed by atoms with Crippen molar-refractivity contribution in [1.82, 2.24) is 5.32 Å². The lowest BCUT2D eigenvalue weighted by Crippen LogP contribution is -2.22. The third kappa shape index (κ3) is 5.38. The molecule has 1 amide bonds. The predicted molar refractivity (Wildman–Crippen MR) is 111 cm³/mol. The van der Waals surface area contributed by atoms with Gasteiger partial charge < -0.3 is 10.1 Å². The van der Waals surface area contributed by atoms with Crippen molar-refractivity contribution >= 4 is 17.7 Å². The maximum atomic E-state index is 12.6. The van der Waals surface area contributed by atoms with E-state index in [1.54, 1.807) is 24.9 Å². The summed E-state index contributed by atoms with van der Waals surface area (Å²) in [5.74, 6) is 1.46. The summed E-state index contributed by atoms with van der Waals surface area (Å²) in [5.41, 5.74) is 3.95. The molecule has 1 N–H and O–H groups in total. The number of hydrogen-bond acceptors (Lipinski definition) is 3. The van der Waals surface area contributed by atoms with Crippen LogP contribution in [0.3, 0.4) is 0 Å². The number of amides is 1. The van der Waals surface area contributed by atoms with Crippen LogP contribution in [0.4, 0.5) is 0 Å². The molecule has 0 saturated carbocycles. The number of nitrogens with one attached hydrogen (secondary N) is 1. The number of methoxy groups -OCH3 is 1. The third-order valence-corrected chi connectivity index (χ3v) is 5.31. The normalized spacial score (nSPS) is 10.4. The minimum atomic E-state index is -0.0795. The molecule has 3 rings (SSSR count). The van der Waals surface area contributed by atoms with Crippen molar-refractivity contribution in [2.75, 3.05) is 7.11 Å². The van der Waals surface area contributed by atoms with Crippen LogP contribution in [-0.4, -0.2) is 13.0 Å². The fourth-order valence-electron chi connectivity index (χ4n) is 2.70. The van der Waals surface area contributed by atoms with E-state index in [1.807, 2.05) is 54.6 Å². The molecule has 4 heteroatoms. The van der Waals surface area contributed by atoms with E-state index in [4.69, 9.17) is 4.74 Å². The molecule has 0 aliphatic heterocycles. The smallest absolute Gasteiger partial charge is 0.251 e. The zero-order chi connectivity index (χ0) is 19.1. The average Bonchev–Trinajstić information content (AvgIpc) is 2.72. The minimum absolute atomic E-state index is 0.0795. The van der Waals surface area contributed by atoms with Crippen molar-refractivity contribution in [2.24, 2.45) is 0 Å². The Morgan fingerprint density at radius 2 is 1.74 bits per heavy atom. The predicted octanol–water partition coefficient (Wildman–Crippen LogP) is 5.23. The van der Waals surface area contributed by atoms with Gasteiger partial charge >= 0.3 is 0 Å². The third-order valence-electron chi connectivity index (χ3n) is 4.25. The zero-order valence-electron chi connectivity index (χ0n) is 15.6. The van der Waals surface area contributed by atoms with Gasteiger partial charge in [0.2, 0.25) is 0 Å². The molecule has 0 bridgehead atoms. The monoisotopic (exact) mass is 377 g/mol. The largest absolute Gasteiger partial charge is 0.496 e. The van der Waals surface area contributed by atoms with Gasteiger partial charge in [-0.25, -0.2) is 0 Å². The van der Waals surface area contributed by atoms with E-state index in [2.05, 4.69) is 24.4 Å². The van der Waals surface area contributed by atoms with E-state index < -0.39 is 0 Å². The second-order valence-corrected chi connectivity index (χ2v) is 7.35. The van der Waals surface area contributed by atoms with E-state index in [0.29, 0.717) is 12.1 Å². The van der Waals surface area contributed by atoms with Gasteiger partial charge in [-0.05, 0) is 42.8 Å². The molecule has 0 radical (unpaired) electrons. The van der Waals surface area contributed by atoms with Crippen molar-refractivity contribution < 1.29 is 9.53 Å². The van der Waals surface area contributed by atoms with Crippen LogP contribution in [-0.2, 0) is 12.3 Å². The average molecular weight is 378 g/mol. The van der Waals surface area contributed by atoms with Crippen molar-refractivity contribution in [3.8, 4) is 5.75 Å². The van der Waals surface area contributed by atoms with E-state index in [0.717, 1.165) is 22.6 Å². The van der Waals surface area contributed by atoms with Crippen molar-refractivity contribution in [2.45, 2.75) is 24.1 Å². The van der Waals surface area contributed by atoms with Crippen LogP contribution < -0.4 is 10.1 Å². The first-order chi connectivity index (χ1) is 13.2. The molecule has 0 heterocycles. The van der Waals surface area contributed by atoms with Gasteiger partial charge in [-0.15, -0.1) is 11.8 Å². The molecule has 0 fully saturated rings. The number of ether oxygens (including phenoxy) is 1. The summed E-state index contributed by atoms with van der Waals surface area (Å²) in [6.45, 7) is 2.56. The van der Waals surface area contributed by atoms with Gasteiger partial charge in [-0.1, -0.05) is 48.0 Å². The summed E-state index contributed by atoms with van der Waals surface area (Å²) >= 11 is 1.72. The lowest BCUT2D eigenvalue weighted by atomic mass is 10.1. The van der Waals surface area contributed by atoms with Crippen LogP contribution in [0.25, 0.3) is 0 Å². The molecule has 0 aliphatic carbocycles.